The van der Waals surface area contributed by atoms with Gasteiger partial charge < -0.3 is 4.52 Å². The standard InChI is InChI=1S/C25H20F3N2O3P/c1-17-24(30(31)32)22(33-29-17)16-23(18-12-14-19(15-13-18)25(26,27)28)34(20-8-4-2-5-9-20)21-10-6-3-7-11-21/h2-15,23H,16H2,1H3/t23-/m1/s1. The van der Waals surface area contributed by atoms with Crippen molar-refractivity contribution in [3.63, 3.8) is 0 Å². The zero-order valence-electron chi connectivity index (χ0n) is 18.1. The van der Waals surface area contributed by atoms with Crippen LogP contribution in [0.15, 0.2) is 89.5 Å². The monoisotopic (exact) mass is 484 g/mol. The van der Waals surface area contributed by atoms with Gasteiger partial charge in [-0.3, -0.25) is 10.1 Å². The summed E-state index contributed by atoms with van der Waals surface area (Å²) < 4.78 is 45.0. The quantitative estimate of drug-likeness (QED) is 0.175. The van der Waals surface area contributed by atoms with Gasteiger partial charge in [0.25, 0.3) is 0 Å². The molecule has 0 saturated heterocycles. The Labute approximate surface area is 195 Å². The molecule has 1 heterocycles. The molecule has 1 atom stereocenters. The number of aryl methyl sites for hydroxylation is 1. The molecule has 34 heavy (non-hydrogen) atoms. The molecule has 174 valence electrons. The minimum atomic E-state index is -4.46. The highest BCUT2D eigenvalue weighted by molar-refractivity contribution is 7.73. The summed E-state index contributed by atoms with van der Waals surface area (Å²) in [4.78, 5) is 11.1. The molecule has 9 heteroatoms. The summed E-state index contributed by atoms with van der Waals surface area (Å²) in [6, 6.07) is 24.2. The normalized spacial score (nSPS) is 12.6. The molecule has 0 saturated carbocycles. The van der Waals surface area contributed by atoms with E-state index >= 15 is 0 Å². The molecule has 5 nitrogen and oxygen atoms in total. The van der Waals surface area contributed by atoms with Gasteiger partial charge >= 0.3 is 11.9 Å². The molecular formula is C25H20F3N2O3P. The van der Waals surface area contributed by atoms with E-state index in [1.807, 2.05) is 60.7 Å². The lowest BCUT2D eigenvalue weighted by molar-refractivity contribution is -0.386. The van der Waals surface area contributed by atoms with Gasteiger partial charge in [0.1, 0.15) is 0 Å². The van der Waals surface area contributed by atoms with E-state index in [1.54, 1.807) is 0 Å². The van der Waals surface area contributed by atoms with E-state index in [2.05, 4.69) is 5.16 Å². The predicted molar refractivity (Wildman–Crippen MR) is 125 cm³/mol. The maximum absolute atomic E-state index is 13.2. The first-order valence-electron chi connectivity index (χ1n) is 10.4. The number of halogens is 3. The third kappa shape index (κ3) is 5.02. The SMILES string of the molecule is Cc1noc(C[C@H](c2ccc(C(F)(F)F)cc2)P(c2ccccc2)c2ccccc2)c1[N+](=O)[O-]. The molecule has 0 aliphatic heterocycles. The van der Waals surface area contributed by atoms with Crippen LogP contribution in [-0.2, 0) is 12.6 Å². The molecule has 4 aromatic rings. The van der Waals surface area contributed by atoms with Crippen LogP contribution >= 0.6 is 7.92 Å². The summed E-state index contributed by atoms with van der Waals surface area (Å²) >= 11 is 0. The average molecular weight is 484 g/mol. The molecule has 0 aliphatic rings. The number of rotatable bonds is 7. The largest absolute Gasteiger partial charge is 0.416 e. The van der Waals surface area contributed by atoms with Crippen molar-refractivity contribution in [2.75, 3.05) is 0 Å². The number of alkyl halides is 3. The van der Waals surface area contributed by atoms with Crippen molar-refractivity contribution in [2.24, 2.45) is 0 Å². The lowest BCUT2D eigenvalue weighted by atomic mass is 10.0. The molecule has 0 unspecified atom stereocenters. The van der Waals surface area contributed by atoms with Crippen LogP contribution in [0.1, 0.15) is 28.2 Å². The van der Waals surface area contributed by atoms with Crippen LogP contribution in [-0.4, -0.2) is 10.1 Å². The molecule has 3 aromatic carbocycles. The maximum Gasteiger partial charge on any atom is 0.416 e. The Bertz CT molecular complexity index is 1220. The van der Waals surface area contributed by atoms with Crippen LogP contribution < -0.4 is 10.6 Å². The zero-order chi connectivity index (χ0) is 24.3. The molecule has 0 N–H and O–H groups in total. The van der Waals surface area contributed by atoms with Crippen LogP contribution in [0, 0.1) is 17.0 Å². The number of benzene rings is 3. The smallest absolute Gasteiger partial charge is 0.354 e. The molecular weight excluding hydrogens is 464 g/mol. The summed E-state index contributed by atoms with van der Waals surface area (Å²) in [7, 11) is -1.17. The van der Waals surface area contributed by atoms with E-state index in [0.717, 1.165) is 22.7 Å². The van der Waals surface area contributed by atoms with Crippen LogP contribution in [0.25, 0.3) is 0 Å². The van der Waals surface area contributed by atoms with Crippen LogP contribution in [0.2, 0.25) is 0 Å². The summed E-state index contributed by atoms with van der Waals surface area (Å²) in [6.45, 7) is 1.50. The maximum atomic E-state index is 13.2. The predicted octanol–water partition coefficient (Wildman–Crippen LogP) is 6.33. The number of nitrogens with zero attached hydrogens (tertiary/aromatic N) is 2. The van der Waals surface area contributed by atoms with E-state index in [-0.39, 0.29) is 23.6 Å². The van der Waals surface area contributed by atoms with Crippen molar-refractivity contribution < 1.29 is 22.6 Å². The average Bonchev–Trinajstić information content (AvgIpc) is 3.20. The summed E-state index contributed by atoms with van der Waals surface area (Å²) in [6.07, 6.45) is -4.35. The molecule has 0 spiro atoms. The van der Waals surface area contributed by atoms with E-state index in [0.29, 0.717) is 5.56 Å². The van der Waals surface area contributed by atoms with Crippen LogP contribution in [0.4, 0.5) is 18.9 Å². The van der Waals surface area contributed by atoms with E-state index < -0.39 is 30.2 Å². The summed E-state index contributed by atoms with van der Waals surface area (Å²) in [5, 5.41) is 17.4. The fourth-order valence-corrected chi connectivity index (χ4v) is 6.72. The fraction of sp³-hybridized carbons (Fsp3) is 0.160. The lowest BCUT2D eigenvalue weighted by Gasteiger charge is -2.28. The summed E-state index contributed by atoms with van der Waals surface area (Å²) in [5.41, 5.74) is -0.550. The Kier molecular flexibility index (Phi) is 6.80. The second-order valence-corrected chi connectivity index (χ2v) is 10.1. The number of hydrogen-bond donors (Lipinski definition) is 0. The molecule has 4 rings (SSSR count). The van der Waals surface area contributed by atoms with Crippen molar-refractivity contribution >= 4 is 24.2 Å². The number of aromatic nitrogens is 1. The first-order valence-corrected chi connectivity index (χ1v) is 11.8. The zero-order valence-corrected chi connectivity index (χ0v) is 19.0. The van der Waals surface area contributed by atoms with Gasteiger partial charge in [-0.25, -0.2) is 0 Å². The first kappa shape index (κ1) is 23.6. The Morgan fingerprint density at radius 2 is 1.47 bits per heavy atom. The highest BCUT2D eigenvalue weighted by Gasteiger charge is 2.34. The van der Waals surface area contributed by atoms with Crippen molar-refractivity contribution in [1.29, 1.82) is 0 Å². The van der Waals surface area contributed by atoms with Crippen LogP contribution in [0.5, 0.6) is 0 Å². The fourth-order valence-electron chi connectivity index (χ4n) is 3.89. The van der Waals surface area contributed by atoms with Crippen LogP contribution in [0.3, 0.4) is 0 Å². The minimum absolute atomic E-state index is 0.103. The molecule has 0 radical (unpaired) electrons. The highest BCUT2D eigenvalue weighted by atomic mass is 31.1. The highest BCUT2D eigenvalue weighted by Crippen LogP contribution is 2.52. The van der Waals surface area contributed by atoms with Gasteiger partial charge in [-0.05, 0) is 43.2 Å². The summed E-state index contributed by atoms with van der Waals surface area (Å²) in [5.74, 6) is 0.103. The molecule has 0 fully saturated rings. The van der Waals surface area contributed by atoms with E-state index in [1.165, 1.54) is 19.1 Å². The second kappa shape index (κ2) is 9.77. The van der Waals surface area contributed by atoms with Gasteiger partial charge in [0.05, 0.1) is 10.5 Å². The van der Waals surface area contributed by atoms with Gasteiger partial charge in [-0.15, -0.1) is 0 Å². The van der Waals surface area contributed by atoms with Crippen molar-refractivity contribution in [2.45, 2.75) is 25.2 Å². The Balaban J connectivity index is 1.88. The van der Waals surface area contributed by atoms with E-state index in [4.69, 9.17) is 4.52 Å². The van der Waals surface area contributed by atoms with Gasteiger partial charge in [-0.1, -0.05) is 78.0 Å². The number of nitro groups is 1. The van der Waals surface area contributed by atoms with Gasteiger partial charge in [0.2, 0.25) is 5.76 Å². The van der Waals surface area contributed by atoms with Gasteiger partial charge in [0.15, 0.2) is 5.69 Å². The molecule has 0 aliphatic carbocycles. The number of hydrogen-bond acceptors (Lipinski definition) is 4. The Morgan fingerprint density at radius 3 is 1.94 bits per heavy atom. The van der Waals surface area contributed by atoms with Crippen molar-refractivity contribution in [1.82, 2.24) is 5.16 Å². The molecule has 0 bridgehead atoms. The topological polar surface area (TPSA) is 69.2 Å². The Morgan fingerprint density at radius 1 is 0.941 bits per heavy atom. The third-order valence-electron chi connectivity index (χ3n) is 5.46. The van der Waals surface area contributed by atoms with Gasteiger partial charge in [0, 0.05) is 12.1 Å². The van der Waals surface area contributed by atoms with Gasteiger partial charge in [-0.2, -0.15) is 13.2 Å². The van der Waals surface area contributed by atoms with Crippen molar-refractivity contribution in [3.05, 3.63) is 118 Å². The third-order valence-corrected chi connectivity index (χ3v) is 8.28. The first-order chi connectivity index (χ1) is 16.3. The van der Waals surface area contributed by atoms with Crippen molar-refractivity contribution in [3.8, 4) is 0 Å². The molecule has 0 amide bonds. The Hall–Kier alpha value is -3.51. The van der Waals surface area contributed by atoms with E-state index in [9.17, 15) is 23.3 Å². The molecule has 1 aromatic heterocycles. The minimum Gasteiger partial charge on any atom is -0.354 e. The second-order valence-electron chi connectivity index (χ2n) is 7.68. The lowest BCUT2D eigenvalue weighted by Crippen LogP contribution is -2.19.